The Hall–Kier alpha value is -3.48. The van der Waals surface area contributed by atoms with Crippen LogP contribution in [0, 0.1) is 0 Å². The lowest BCUT2D eigenvalue weighted by atomic mass is 10.2. The standard InChI is InChI=1S/C20H20N2O5/c1-12(23)22-15-6-5-13(9-18(15)24-2)27-17-7-8-21-16-11-20(26-4)19(25-3)10-14(16)17/h5-11H,1-4H3,(H,22,23). The first-order valence-electron chi connectivity index (χ1n) is 8.20. The molecular weight excluding hydrogens is 348 g/mol. The van der Waals surface area contributed by atoms with Crippen molar-refractivity contribution < 1.29 is 23.7 Å². The summed E-state index contributed by atoms with van der Waals surface area (Å²) >= 11 is 0. The first-order chi connectivity index (χ1) is 13.0. The minimum absolute atomic E-state index is 0.178. The van der Waals surface area contributed by atoms with Gasteiger partial charge < -0.3 is 24.3 Å². The van der Waals surface area contributed by atoms with Crippen LogP contribution in [0.1, 0.15) is 6.92 Å². The molecule has 0 aliphatic heterocycles. The predicted molar refractivity (Wildman–Crippen MR) is 102 cm³/mol. The van der Waals surface area contributed by atoms with Crippen LogP contribution in [0.25, 0.3) is 10.9 Å². The second-order valence-corrected chi connectivity index (χ2v) is 5.68. The van der Waals surface area contributed by atoms with Crippen LogP contribution >= 0.6 is 0 Å². The van der Waals surface area contributed by atoms with Gasteiger partial charge in [0.25, 0.3) is 0 Å². The molecule has 0 saturated heterocycles. The van der Waals surface area contributed by atoms with Gasteiger partial charge in [0, 0.05) is 30.6 Å². The quantitative estimate of drug-likeness (QED) is 0.708. The van der Waals surface area contributed by atoms with Crippen LogP contribution in [0.15, 0.2) is 42.6 Å². The molecular formula is C20H20N2O5. The molecule has 0 bridgehead atoms. The molecule has 0 atom stereocenters. The zero-order valence-corrected chi connectivity index (χ0v) is 15.5. The minimum Gasteiger partial charge on any atom is -0.494 e. The van der Waals surface area contributed by atoms with Gasteiger partial charge >= 0.3 is 0 Å². The number of fused-ring (bicyclic) bond motifs is 1. The Morgan fingerprint density at radius 1 is 0.889 bits per heavy atom. The van der Waals surface area contributed by atoms with Crippen molar-refractivity contribution in [3.63, 3.8) is 0 Å². The van der Waals surface area contributed by atoms with Crippen molar-refractivity contribution in [1.82, 2.24) is 4.98 Å². The third-order valence-corrected chi connectivity index (χ3v) is 3.92. The number of amides is 1. The molecule has 0 fully saturated rings. The topological polar surface area (TPSA) is 78.9 Å². The summed E-state index contributed by atoms with van der Waals surface area (Å²) in [6.45, 7) is 1.44. The van der Waals surface area contributed by atoms with Crippen molar-refractivity contribution in [3.8, 4) is 28.7 Å². The number of aromatic nitrogens is 1. The Kier molecular flexibility index (Phi) is 5.30. The number of carbonyl (C=O) groups excluding carboxylic acids is 1. The summed E-state index contributed by atoms with van der Waals surface area (Å²) in [6.07, 6.45) is 1.66. The molecule has 140 valence electrons. The lowest BCUT2D eigenvalue weighted by Crippen LogP contribution is -2.07. The molecule has 3 aromatic rings. The van der Waals surface area contributed by atoms with E-state index < -0.39 is 0 Å². The second kappa shape index (κ2) is 7.82. The molecule has 7 nitrogen and oxygen atoms in total. The normalized spacial score (nSPS) is 10.4. The van der Waals surface area contributed by atoms with E-state index in [1.165, 1.54) is 14.0 Å². The SMILES string of the molecule is COc1cc(Oc2ccnc3cc(OC)c(OC)cc23)ccc1NC(C)=O. The van der Waals surface area contributed by atoms with E-state index in [1.807, 2.05) is 6.07 Å². The fourth-order valence-corrected chi connectivity index (χ4v) is 2.69. The van der Waals surface area contributed by atoms with E-state index in [0.717, 1.165) is 5.39 Å². The van der Waals surface area contributed by atoms with Crippen LogP contribution in [0.2, 0.25) is 0 Å². The van der Waals surface area contributed by atoms with Crippen molar-refractivity contribution in [3.05, 3.63) is 42.6 Å². The predicted octanol–water partition coefficient (Wildman–Crippen LogP) is 4.01. The highest BCUT2D eigenvalue weighted by Gasteiger charge is 2.12. The maximum atomic E-state index is 11.3. The van der Waals surface area contributed by atoms with Crippen LogP contribution in [-0.4, -0.2) is 32.2 Å². The van der Waals surface area contributed by atoms with Gasteiger partial charge in [-0.15, -0.1) is 0 Å². The molecule has 1 amide bonds. The lowest BCUT2D eigenvalue weighted by molar-refractivity contribution is -0.114. The third-order valence-electron chi connectivity index (χ3n) is 3.92. The summed E-state index contributed by atoms with van der Waals surface area (Å²) < 4.78 is 22.1. The van der Waals surface area contributed by atoms with Crippen molar-refractivity contribution in [1.29, 1.82) is 0 Å². The average molecular weight is 368 g/mol. The molecule has 2 aromatic carbocycles. The van der Waals surface area contributed by atoms with Crippen molar-refractivity contribution in [2.45, 2.75) is 6.92 Å². The Morgan fingerprint density at radius 2 is 1.59 bits per heavy atom. The number of methoxy groups -OCH3 is 3. The number of pyridine rings is 1. The first-order valence-corrected chi connectivity index (χ1v) is 8.20. The van der Waals surface area contributed by atoms with Gasteiger partial charge in [-0.25, -0.2) is 0 Å². The summed E-state index contributed by atoms with van der Waals surface area (Å²) in [7, 11) is 4.68. The van der Waals surface area contributed by atoms with Crippen LogP contribution in [0.5, 0.6) is 28.7 Å². The zero-order chi connectivity index (χ0) is 19.4. The van der Waals surface area contributed by atoms with E-state index in [-0.39, 0.29) is 5.91 Å². The summed E-state index contributed by atoms with van der Waals surface area (Å²) in [4.78, 5) is 15.6. The Bertz CT molecular complexity index is 988. The number of nitrogens with one attached hydrogen (secondary N) is 1. The van der Waals surface area contributed by atoms with Crippen molar-refractivity contribution in [2.75, 3.05) is 26.6 Å². The van der Waals surface area contributed by atoms with E-state index in [9.17, 15) is 4.79 Å². The van der Waals surface area contributed by atoms with Gasteiger partial charge in [-0.2, -0.15) is 0 Å². The van der Waals surface area contributed by atoms with Crippen molar-refractivity contribution >= 4 is 22.5 Å². The fourth-order valence-electron chi connectivity index (χ4n) is 2.69. The number of nitrogens with zero attached hydrogens (tertiary/aromatic N) is 1. The monoisotopic (exact) mass is 368 g/mol. The van der Waals surface area contributed by atoms with Gasteiger partial charge in [0.15, 0.2) is 11.5 Å². The van der Waals surface area contributed by atoms with Gasteiger partial charge in [0.1, 0.15) is 17.2 Å². The smallest absolute Gasteiger partial charge is 0.221 e. The molecule has 0 radical (unpaired) electrons. The Balaban J connectivity index is 2.00. The molecule has 7 heteroatoms. The largest absolute Gasteiger partial charge is 0.494 e. The molecule has 1 aromatic heterocycles. The first kappa shape index (κ1) is 18.3. The summed E-state index contributed by atoms with van der Waals surface area (Å²) in [5.41, 5.74) is 1.29. The van der Waals surface area contributed by atoms with Crippen LogP contribution in [-0.2, 0) is 4.79 Å². The van der Waals surface area contributed by atoms with E-state index in [0.29, 0.717) is 40.0 Å². The minimum atomic E-state index is -0.178. The second-order valence-electron chi connectivity index (χ2n) is 5.68. The van der Waals surface area contributed by atoms with Crippen LogP contribution in [0.3, 0.4) is 0 Å². The number of hydrogen-bond acceptors (Lipinski definition) is 6. The number of hydrogen-bond donors (Lipinski definition) is 1. The molecule has 1 N–H and O–H groups in total. The highest BCUT2D eigenvalue weighted by atomic mass is 16.5. The highest BCUT2D eigenvalue weighted by Crippen LogP contribution is 2.38. The average Bonchev–Trinajstić information content (AvgIpc) is 2.67. The summed E-state index contributed by atoms with van der Waals surface area (Å²) in [5, 5.41) is 3.49. The zero-order valence-electron chi connectivity index (χ0n) is 15.5. The number of anilines is 1. The highest BCUT2D eigenvalue weighted by molar-refractivity contribution is 5.91. The van der Waals surface area contributed by atoms with Gasteiger partial charge in [-0.1, -0.05) is 0 Å². The van der Waals surface area contributed by atoms with E-state index in [4.69, 9.17) is 18.9 Å². The maximum absolute atomic E-state index is 11.3. The number of ether oxygens (including phenoxy) is 4. The van der Waals surface area contributed by atoms with Crippen LogP contribution < -0.4 is 24.3 Å². The number of carbonyl (C=O) groups is 1. The molecule has 27 heavy (non-hydrogen) atoms. The molecule has 0 spiro atoms. The Labute approximate surface area is 156 Å². The van der Waals surface area contributed by atoms with E-state index >= 15 is 0 Å². The summed E-state index contributed by atoms with van der Waals surface area (Å²) in [5.74, 6) is 2.67. The fraction of sp³-hybridized carbons (Fsp3) is 0.200. The molecule has 3 rings (SSSR count). The Morgan fingerprint density at radius 3 is 2.26 bits per heavy atom. The molecule has 0 aliphatic rings. The number of rotatable bonds is 6. The van der Waals surface area contributed by atoms with Crippen molar-refractivity contribution in [2.24, 2.45) is 0 Å². The van der Waals surface area contributed by atoms with E-state index in [2.05, 4.69) is 10.3 Å². The summed E-state index contributed by atoms with van der Waals surface area (Å²) in [6, 6.07) is 10.6. The molecule has 0 unspecified atom stereocenters. The van der Waals surface area contributed by atoms with E-state index in [1.54, 1.807) is 50.7 Å². The van der Waals surface area contributed by atoms with Gasteiger partial charge in [-0.3, -0.25) is 9.78 Å². The number of benzene rings is 2. The third kappa shape index (κ3) is 3.87. The molecule has 0 saturated carbocycles. The van der Waals surface area contributed by atoms with Gasteiger partial charge in [0.05, 0.1) is 32.5 Å². The van der Waals surface area contributed by atoms with Gasteiger partial charge in [-0.05, 0) is 24.3 Å². The maximum Gasteiger partial charge on any atom is 0.221 e. The van der Waals surface area contributed by atoms with Gasteiger partial charge in [0.2, 0.25) is 5.91 Å². The molecule has 1 heterocycles. The lowest BCUT2D eigenvalue weighted by Gasteiger charge is -2.14. The molecule has 0 aliphatic carbocycles. The van der Waals surface area contributed by atoms with Crippen LogP contribution in [0.4, 0.5) is 5.69 Å².